The van der Waals surface area contributed by atoms with Crippen molar-refractivity contribution in [3.8, 4) is 0 Å². The Balaban J connectivity index is 1.36. The van der Waals surface area contributed by atoms with Crippen molar-refractivity contribution in [2.24, 2.45) is 62.1 Å². The number of aliphatic carboxylic acids is 1. The molecule has 5 saturated carbocycles. The number of carbonyl (C=O) groups is 4. The Labute approximate surface area is 295 Å². The highest BCUT2D eigenvalue weighted by Gasteiger charge is 2.71. The van der Waals surface area contributed by atoms with Crippen LogP contribution in [0.3, 0.4) is 0 Å². The minimum Gasteiger partial charge on any atom is -0.481 e. The SMILES string of the molecule is C=C(C)[C@@H]1CC[C@]2(CCOC(=O)CNC(C)=O)CC[C@]3(C)[C@H](CC[C@@H]4[C@@]5(C)CC[C@H](OC(=O)CC(C)(C)C(=O)O)C(C)(C)[C@@H]5CC[C@]43C)[C@@H]12. The number of rotatable bonds is 10. The zero-order valence-corrected chi connectivity index (χ0v) is 32.0. The second kappa shape index (κ2) is 13.0. The van der Waals surface area contributed by atoms with Gasteiger partial charge in [0.05, 0.1) is 18.4 Å². The maximum absolute atomic E-state index is 13.1. The summed E-state index contributed by atoms with van der Waals surface area (Å²) < 4.78 is 11.8. The first-order valence-electron chi connectivity index (χ1n) is 19.1. The van der Waals surface area contributed by atoms with E-state index in [1.807, 2.05) is 0 Å². The second-order valence-electron chi connectivity index (χ2n) is 19.1. The monoisotopic (exact) mass is 683 g/mol. The predicted octanol–water partition coefficient (Wildman–Crippen LogP) is 8.13. The normalized spacial score (nSPS) is 40.8. The number of allylic oxidation sites excluding steroid dienone is 1. The number of fused-ring (bicyclic) bond motifs is 7. The summed E-state index contributed by atoms with van der Waals surface area (Å²) in [4.78, 5) is 48.4. The molecule has 0 radical (unpaired) electrons. The summed E-state index contributed by atoms with van der Waals surface area (Å²) in [5, 5.41) is 12.1. The lowest BCUT2D eigenvalue weighted by Crippen LogP contribution is -2.66. The predicted molar refractivity (Wildman–Crippen MR) is 189 cm³/mol. The molecular weight excluding hydrogens is 618 g/mol. The third-order valence-corrected chi connectivity index (χ3v) is 16.0. The molecule has 49 heavy (non-hydrogen) atoms. The van der Waals surface area contributed by atoms with E-state index in [-0.39, 0.29) is 58.0 Å². The van der Waals surface area contributed by atoms with Gasteiger partial charge in [-0.15, -0.1) is 0 Å². The average molecular weight is 684 g/mol. The van der Waals surface area contributed by atoms with Gasteiger partial charge in [0.1, 0.15) is 12.6 Å². The summed E-state index contributed by atoms with van der Waals surface area (Å²) >= 11 is 0. The Morgan fingerprint density at radius 1 is 0.837 bits per heavy atom. The van der Waals surface area contributed by atoms with Gasteiger partial charge in [-0.1, -0.05) is 46.8 Å². The summed E-state index contributed by atoms with van der Waals surface area (Å²) in [6, 6.07) is 0. The number of carbonyl (C=O) groups excluding carboxylic acids is 3. The molecule has 5 rings (SSSR count). The summed E-state index contributed by atoms with van der Waals surface area (Å²) in [6.45, 7) is 24.0. The molecule has 0 heterocycles. The van der Waals surface area contributed by atoms with E-state index in [9.17, 15) is 24.3 Å². The van der Waals surface area contributed by atoms with Crippen LogP contribution < -0.4 is 5.32 Å². The number of carboxylic acids is 1. The van der Waals surface area contributed by atoms with E-state index in [0.717, 1.165) is 44.9 Å². The van der Waals surface area contributed by atoms with Crippen LogP contribution in [0.2, 0.25) is 0 Å². The molecule has 8 nitrogen and oxygen atoms in total. The van der Waals surface area contributed by atoms with Crippen LogP contribution in [-0.4, -0.2) is 48.2 Å². The molecule has 0 spiro atoms. The molecule has 0 aliphatic heterocycles. The lowest BCUT2D eigenvalue weighted by molar-refractivity contribution is -0.251. The zero-order chi connectivity index (χ0) is 36.4. The molecule has 5 aliphatic carbocycles. The van der Waals surface area contributed by atoms with Crippen LogP contribution in [0.5, 0.6) is 0 Å². The Morgan fingerprint density at radius 3 is 2.16 bits per heavy atom. The van der Waals surface area contributed by atoms with Gasteiger partial charge in [-0.2, -0.15) is 0 Å². The first-order valence-corrected chi connectivity index (χ1v) is 19.1. The third-order valence-electron chi connectivity index (χ3n) is 16.0. The minimum atomic E-state index is -1.15. The molecule has 2 N–H and O–H groups in total. The van der Waals surface area contributed by atoms with Crippen LogP contribution in [0.4, 0.5) is 0 Å². The Hall–Kier alpha value is -2.38. The van der Waals surface area contributed by atoms with E-state index in [0.29, 0.717) is 36.2 Å². The van der Waals surface area contributed by atoms with Crippen LogP contribution in [0.15, 0.2) is 12.2 Å². The lowest BCUT2D eigenvalue weighted by atomic mass is 9.32. The van der Waals surface area contributed by atoms with Crippen molar-refractivity contribution in [2.75, 3.05) is 13.2 Å². The number of nitrogens with one attached hydrogen (secondary N) is 1. The van der Waals surface area contributed by atoms with E-state index in [2.05, 4.69) is 53.4 Å². The molecule has 0 aromatic heterocycles. The van der Waals surface area contributed by atoms with Gasteiger partial charge in [0.15, 0.2) is 0 Å². The van der Waals surface area contributed by atoms with Gasteiger partial charge in [-0.3, -0.25) is 19.2 Å². The van der Waals surface area contributed by atoms with E-state index in [4.69, 9.17) is 9.47 Å². The van der Waals surface area contributed by atoms with E-state index >= 15 is 0 Å². The lowest BCUT2D eigenvalue weighted by Gasteiger charge is -2.73. The number of hydrogen-bond donors (Lipinski definition) is 2. The van der Waals surface area contributed by atoms with Gasteiger partial charge >= 0.3 is 17.9 Å². The highest BCUT2D eigenvalue weighted by molar-refractivity contribution is 5.81. The maximum atomic E-state index is 13.1. The van der Waals surface area contributed by atoms with Crippen LogP contribution in [0.1, 0.15) is 139 Å². The third kappa shape index (κ3) is 6.27. The second-order valence-corrected chi connectivity index (χ2v) is 19.1. The fourth-order valence-corrected chi connectivity index (χ4v) is 13.2. The van der Waals surface area contributed by atoms with Gasteiger partial charge in [-0.05, 0) is 143 Å². The van der Waals surface area contributed by atoms with Crippen LogP contribution >= 0.6 is 0 Å². The van der Waals surface area contributed by atoms with Gasteiger partial charge in [0.2, 0.25) is 5.91 Å². The smallest absolute Gasteiger partial charge is 0.325 e. The van der Waals surface area contributed by atoms with Crippen molar-refractivity contribution in [2.45, 2.75) is 145 Å². The Morgan fingerprint density at radius 2 is 1.53 bits per heavy atom. The molecule has 5 aliphatic rings. The fraction of sp³-hybridized carbons (Fsp3) is 0.854. The van der Waals surface area contributed by atoms with E-state index < -0.39 is 17.4 Å². The molecule has 8 heteroatoms. The topological polar surface area (TPSA) is 119 Å². The summed E-state index contributed by atoms with van der Waals surface area (Å²) in [6.07, 6.45) is 11.7. The molecule has 0 unspecified atom stereocenters. The molecule has 0 bridgehead atoms. The van der Waals surface area contributed by atoms with Gasteiger partial charge in [0, 0.05) is 12.3 Å². The molecule has 276 valence electrons. The van der Waals surface area contributed by atoms with Crippen LogP contribution in [-0.2, 0) is 28.7 Å². The first kappa shape index (κ1) is 37.9. The quantitative estimate of drug-likeness (QED) is 0.176. The summed E-state index contributed by atoms with van der Waals surface area (Å²) in [5.74, 6) is 0.619. The highest BCUT2D eigenvalue weighted by Crippen LogP contribution is 2.78. The number of hydrogen-bond acceptors (Lipinski definition) is 6. The number of ether oxygens (including phenoxy) is 2. The molecule has 0 aromatic rings. The molecule has 10 atom stereocenters. The van der Waals surface area contributed by atoms with Gasteiger partial charge < -0.3 is 19.9 Å². The fourth-order valence-electron chi connectivity index (χ4n) is 13.2. The van der Waals surface area contributed by atoms with Crippen molar-refractivity contribution in [3.63, 3.8) is 0 Å². The van der Waals surface area contributed by atoms with Crippen molar-refractivity contribution in [3.05, 3.63) is 12.2 Å². The van der Waals surface area contributed by atoms with Gasteiger partial charge in [0.25, 0.3) is 0 Å². The number of amides is 1. The van der Waals surface area contributed by atoms with Crippen molar-refractivity contribution >= 4 is 23.8 Å². The summed E-state index contributed by atoms with van der Waals surface area (Å²) in [5.41, 5.74) is 0.593. The molecule has 0 saturated heterocycles. The standard InChI is InChI=1S/C41H65NO7/c1-25(2)27-13-18-41(21-22-48-33(45)24-42-26(3)43)20-19-39(9)28(34(27)41)11-12-30-38(8)16-15-31(49-32(44)23-36(4,5)35(46)47)37(6,7)29(38)14-17-40(30,39)10/h27-31,34H,1,11-24H2,2-10H3,(H,42,43)(H,46,47)/t27-,28+,29-,30+,31-,34+,38-,39+,40+,41+/m0/s1. The largest absolute Gasteiger partial charge is 0.481 e. The molecular formula is C41H65NO7. The average Bonchev–Trinajstić information content (AvgIpc) is 3.37. The molecule has 1 amide bonds. The first-order chi connectivity index (χ1) is 22.6. The Bertz CT molecular complexity index is 1350. The van der Waals surface area contributed by atoms with Crippen molar-refractivity contribution < 1.29 is 33.8 Å². The maximum Gasteiger partial charge on any atom is 0.325 e. The highest BCUT2D eigenvalue weighted by atomic mass is 16.5. The molecule has 5 fully saturated rings. The van der Waals surface area contributed by atoms with Crippen LogP contribution in [0.25, 0.3) is 0 Å². The molecule has 0 aromatic carbocycles. The van der Waals surface area contributed by atoms with E-state index in [1.165, 1.54) is 38.2 Å². The minimum absolute atomic E-state index is 0.0801. The summed E-state index contributed by atoms with van der Waals surface area (Å²) in [7, 11) is 0. The number of carboxylic acid groups (broad SMARTS) is 1. The van der Waals surface area contributed by atoms with Crippen molar-refractivity contribution in [1.29, 1.82) is 0 Å². The Kier molecular flexibility index (Phi) is 10.0. The van der Waals surface area contributed by atoms with Gasteiger partial charge in [-0.25, -0.2) is 0 Å². The van der Waals surface area contributed by atoms with Crippen molar-refractivity contribution in [1.82, 2.24) is 5.32 Å². The van der Waals surface area contributed by atoms with E-state index in [1.54, 1.807) is 13.8 Å². The van der Waals surface area contributed by atoms with Crippen LogP contribution in [0, 0.1) is 62.1 Å². The zero-order valence-electron chi connectivity index (χ0n) is 32.0. The number of esters is 2.